The lowest BCUT2D eigenvalue weighted by Gasteiger charge is -2.62. The number of hydrogen-bond acceptors (Lipinski definition) is 1. The van der Waals surface area contributed by atoms with Gasteiger partial charge in [-0.05, 0) is 122 Å². The SMILES string of the molecule is C=C=CC(CCC(C)C)[C@@H](C)[C@H]1CC[C@H]2[C@@H]3CCC4CCCC(C(=O)O)[C@]4(C)[C@H]3CC[C@]12C. The Morgan fingerprint density at radius 1 is 1.03 bits per heavy atom. The molecule has 0 spiro atoms. The Morgan fingerprint density at radius 2 is 1.79 bits per heavy atom. The van der Waals surface area contributed by atoms with Crippen molar-refractivity contribution in [3.8, 4) is 0 Å². The third kappa shape index (κ3) is 4.17. The zero-order valence-electron chi connectivity index (χ0n) is 22.1. The predicted molar refractivity (Wildman–Crippen MR) is 137 cm³/mol. The van der Waals surface area contributed by atoms with Crippen molar-refractivity contribution in [2.45, 2.75) is 105 Å². The summed E-state index contributed by atoms with van der Waals surface area (Å²) in [4.78, 5) is 12.4. The maximum Gasteiger partial charge on any atom is 0.307 e. The average Bonchev–Trinajstić information content (AvgIpc) is 3.12. The molecule has 0 radical (unpaired) electrons. The summed E-state index contributed by atoms with van der Waals surface area (Å²) in [5, 5.41) is 10.2. The van der Waals surface area contributed by atoms with Crippen LogP contribution >= 0.6 is 0 Å². The molecule has 0 aliphatic heterocycles. The number of fused-ring (bicyclic) bond motifs is 5. The van der Waals surface area contributed by atoms with Crippen LogP contribution in [-0.4, -0.2) is 11.1 Å². The smallest absolute Gasteiger partial charge is 0.307 e. The highest BCUT2D eigenvalue weighted by atomic mass is 16.4. The van der Waals surface area contributed by atoms with Crippen molar-refractivity contribution in [3.63, 3.8) is 0 Å². The van der Waals surface area contributed by atoms with Crippen LogP contribution < -0.4 is 0 Å². The van der Waals surface area contributed by atoms with Crippen LogP contribution in [0.1, 0.15) is 105 Å². The third-order valence-corrected chi connectivity index (χ3v) is 11.9. The first-order valence-corrected chi connectivity index (χ1v) is 14.2. The van der Waals surface area contributed by atoms with Crippen molar-refractivity contribution in [3.05, 3.63) is 18.4 Å². The Hall–Kier alpha value is -1.01. The van der Waals surface area contributed by atoms with Gasteiger partial charge in [0.1, 0.15) is 0 Å². The van der Waals surface area contributed by atoms with Crippen LogP contribution in [0, 0.1) is 64.1 Å². The summed E-state index contributed by atoms with van der Waals surface area (Å²) in [6.45, 7) is 16.1. The summed E-state index contributed by atoms with van der Waals surface area (Å²) in [6, 6.07) is 0. The fourth-order valence-electron chi connectivity index (χ4n) is 10.1. The molecule has 0 bridgehead atoms. The van der Waals surface area contributed by atoms with Gasteiger partial charge in [0.25, 0.3) is 0 Å². The van der Waals surface area contributed by atoms with Gasteiger partial charge in [-0.25, -0.2) is 0 Å². The van der Waals surface area contributed by atoms with Crippen LogP contribution in [-0.2, 0) is 4.79 Å². The van der Waals surface area contributed by atoms with E-state index in [1.807, 2.05) is 0 Å². The zero-order chi connectivity index (χ0) is 24.0. The van der Waals surface area contributed by atoms with Crippen LogP contribution in [0.3, 0.4) is 0 Å². The molecule has 4 fully saturated rings. The Kier molecular flexibility index (Phi) is 7.27. The average molecular weight is 455 g/mol. The molecule has 10 atom stereocenters. The van der Waals surface area contributed by atoms with Crippen LogP contribution in [0.5, 0.6) is 0 Å². The van der Waals surface area contributed by atoms with E-state index in [9.17, 15) is 9.90 Å². The van der Waals surface area contributed by atoms with Gasteiger partial charge >= 0.3 is 5.97 Å². The normalized spacial score (nSPS) is 44.2. The summed E-state index contributed by atoms with van der Waals surface area (Å²) in [6.07, 6.45) is 16.0. The standard InChI is InChI=1S/C31H50O2/c1-7-9-22(13-12-20(2)3)21(4)25-16-17-26-24-15-14-23-10-8-11-28(29(32)33)31(23,6)27(24)18-19-30(25,26)5/h9,20-28H,1,8,10-19H2,2-6H3,(H,32,33)/t21-,22?,23?,24+,25-,26+,27+,28?,30-,31+/m1/s1. The summed E-state index contributed by atoms with van der Waals surface area (Å²) in [5.74, 6) is 4.93. The van der Waals surface area contributed by atoms with Crippen molar-refractivity contribution in [1.82, 2.24) is 0 Å². The van der Waals surface area contributed by atoms with E-state index in [1.165, 1.54) is 57.8 Å². The second kappa shape index (κ2) is 9.56. The Labute approximate surface area is 203 Å². The van der Waals surface area contributed by atoms with E-state index in [2.05, 4.69) is 53.0 Å². The number of carboxylic acids is 1. The van der Waals surface area contributed by atoms with Gasteiger partial charge in [0, 0.05) is 0 Å². The quantitative estimate of drug-likeness (QED) is 0.392. The van der Waals surface area contributed by atoms with Gasteiger partial charge in [-0.15, -0.1) is 5.73 Å². The summed E-state index contributed by atoms with van der Waals surface area (Å²) in [7, 11) is 0. The van der Waals surface area contributed by atoms with Gasteiger partial charge in [-0.2, -0.15) is 0 Å². The van der Waals surface area contributed by atoms with Gasteiger partial charge in [0.05, 0.1) is 5.92 Å². The van der Waals surface area contributed by atoms with Gasteiger partial charge in [-0.3, -0.25) is 4.79 Å². The molecule has 4 saturated carbocycles. The van der Waals surface area contributed by atoms with E-state index in [0.717, 1.165) is 36.5 Å². The summed E-state index contributed by atoms with van der Waals surface area (Å²) >= 11 is 0. The first kappa shape index (κ1) is 25.1. The Morgan fingerprint density at radius 3 is 2.45 bits per heavy atom. The number of aliphatic carboxylic acids is 1. The van der Waals surface area contributed by atoms with Crippen molar-refractivity contribution < 1.29 is 9.90 Å². The molecule has 0 heterocycles. The monoisotopic (exact) mass is 454 g/mol. The molecular formula is C31H50O2. The van der Waals surface area contributed by atoms with E-state index in [4.69, 9.17) is 0 Å². The number of carboxylic acid groups (broad SMARTS) is 1. The van der Waals surface area contributed by atoms with Gasteiger partial charge in [-0.1, -0.05) is 54.0 Å². The lowest BCUT2D eigenvalue weighted by molar-refractivity contribution is -0.172. The van der Waals surface area contributed by atoms with Gasteiger partial charge < -0.3 is 5.11 Å². The molecule has 2 nitrogen and oxygen atoms in total. The fourth-order valence-corrected chi connectivity index (χ4v) is 10.1. The molecule has 4 aliphatic rings. The summed E-state index contributed by atoms with van der Waals surface area (Å²) < 4.78 is 0. The lowest BCUT2D eigenvalue weighted by atomic mass is 9.42. The molecule has 4 rings (SSSR count). The van der Waals surface area contributed by atoms with E-state index in [-0.39, 0.29) is 11.3 Å². The highest BCUT2D eigenvalue weighted by Gasteiger charge is 2.63. The molecule has 0 saturated heterocycles. The van der Waals surface area contributed by atoms with Crippen LogP contribution in [0.4, 0.5) is 0 Å². The second-order valence-electron chi connectivity index (χ2n) is 13.4. The lowest BCUT2D eigenvalue weighted by Crippen LogP contribution is -2.57. The molecule has 1 N–H and O–H groups in total. The largest absolute Gasteiger partial charge is 0.481 e. The van der Waals surface area contributed by atoms with Gasteiger partial charge in [0.2, 0.25) is 0 Å². The molecule has 3 unspecified atom stereocenters. The van der Waals surface area contributed by atoms with Crippen molar-refractivity contribution in [2.75, 3.05) is 0 Å². The zero-order valence-corrected chi connectivity index (χ0v) is 22.1. The minimum Gasteiger partial charge on any atom is -0.481 e. The van der Waals surface area contributed by atoms with E-state index in [1.54, 1.807) is 0 Å². The van der Waals surface area contributed by atoms with Crippen LogP contribution in [0.2, 0.25) is 0 Å². The Balaban J connectivity index is 1.57. The van der Waals surface area contributed by atoms with Crippen molar-refractivity contribution in [1.29, 1.82) is 0 Å². The minimum absolute atomic E-state index is 0.0173. The second-order valence-corrected chi connectivity index (χ2v) is 13.4. The van der Waals surface area contributed by atoms with E-state index >= 15 is 0 Å². The number of rotatable bonds is 7. The number of allylic oxidation sites excluding steroid dienone is 1. The molecule has 2 heteroatoms. The maximum absolute atomic E-state index is 12.4. The third-order valence-electron chi connectivity index (χ3n) is 11.9. The maximum atomic E-state index is 12.4. The number of hydrogen-bond donors (Lipinski definition) is 1. The molecule has 0 amide bonds. The number of carbonyl (C=O) groups is 1. The molecule has 0 aromatic rings. The molecule has 0 aromatic carbocycles. The van der Waals surface area contributed by atoms with E-state index < -0.39 is 5.97 Å². The van der Waals surface area contributed by atoms with Crippen LogP contribution in [0.15, 0.2) is 18.4 Å². The summed E-state index contributed by atoms with van der Waals surface area (Å²) in [5.41, 5.74) is 3.58. The van der Waals surface area contributed by atoms with Gasteiger partial charge in [0.15, 0.2) is 0 Å². The topological polar surface area (TPSA) is 37.3 Å². The first-order valence-electron chi connectivity index (χ1n) is 14.2. The molecule has 0 aromatic heterocycles. The van der Waals surface area contributed by atoms with E-state index in [0.29, 0.717) is 29.1 Å². The predicted octanol–water partition coefficient (Wildman–Crippen LogP) is 8.38. The first-order chi connectivity index (χ1) is 15.6. The van der Waals surface area contributed by atoms with Crippen LogP contribution in [0.25, 0.3) is 0 Å². The van der Waals surface area contributed by atoms with Crippen molar-refractivity contribution in [2.24, 2.45) is 64.1 Å². The molecule has 4 aliphatic carbocycles. The molecule has 186 valence electrons. The Bertz CT molecular complexity index is 763. The molecule has 33 heavy (non-hydrogen) atoms. The highest BCUT2D eigenvalue weighted by molar-refractivity contribution is 5.71. The molecular weight excluding hydrogens is 404 g/mol. The highest BCUT2D eigenvalue weighted by Crippen LogP contribution is 2.69. The fraction of sp³-hybridized carbons (Fsp3) is 0.871. The minimum atomic E-state index is -0.515. The van der Waals surface area contributed by atoms with Crippen molar-refractivity contribution >= 4 is 5.97 Å².